The Morgan fingerprint density at radius 1 is 1.20 bits per heavy atom. The van der Waals surface area contributed by atoms with Crippen LogP contribution >= 0.6 is 0 Å². The second-order valence-corrected chi connectivity index (χ2v) is 12.0. The summed E-state index contributed by atoms with van der Waals surface area (Å²) < 4.78 is 2.13. The molecule has 2 N–H and O–H groups in total. The number of hydrogen-bond donors (Lipinski definition) is 2. The molecule has 1 amide bonds. The van der Waals surface area contributed by atoms with Crippen molar-refractivity contribution in [1.82, 2.24) is 15.0 Å². The van der Waals surface area contributed by atoms with Crippen LogP contribution in [0.2, 0.25) is 0 Å². The number of nitrogens with zero attached hydrogens (tertiary/aromatic N) is 3. The van der Waals surface area contributed by atoms with E-state index < -0.39 is 5.97 Å². The van der Waals surface area contributed by atoms with Gasteiger partial charge in [-0.3, -0.25) is 9.59 Å². The number of carbonyl (C=O) groups excluding carboxylic acids is 1. The van der Waals surface area contributed by atoms with Crippen LogP contribution < -0.4 is 5.32 Å². The average Bonchev–Trinajstić information content (AvgIpc) is 3.47. The van der Waals surface area contributed by atoms with Crippen molar-refractivity contribution < 1.29 is 14.7 Å². The number of benzene rings is 1. The number of amides is 1. The average molecular weight is 481 g/mol. The van der Waals surface area contributed by atoms with Gasteiger partial charge in [0.25, 0.3) is 0 Å². The lowest BCUT2D eigenvalue weighted by atomic mass is 9.71. The normalized spacial score (nSPS) is 20.8. The Labute approximate surface area is 208 Å². The maximum absolute atomic E-state index is 13.0. The number of nitrogens with one attached hydrogen (secondary N) is 1. The van der Waals surface area contributed by atoms with Gasteiger partial charge < -0.3 is 10.4 Å². The number of carboxylic acid groups (broad SMARTS) is 1. The van der Waals surface area contributed by atoms with Gasteiger partial charge in [0.15, 0.2) is 0 Å². The molecule has 4 rings (SSSR count). The van der Waals surface area contributed by atoms with Crippen molar-refractivity contribution in [3.05, 3.63) is 40.7 Å². The first kappa shape index (κ1) is 25.4. The Kier molecular flexibility index (Phi) is 7.34. The zero-order valence-corrected chi connectivity index (χ0v) is 21.8. The Balaban J connectivity index is 1.51. The quantitative estimate of drug-likeness (QED) is 0.426. The number of aromatic nitrogens is 3. The summed E-state index contributed by atoms with van der Waals surface area (Å²) in [5, 5.41) is 21.5. The molecule has 0 aliphatic heterocycles. The molecule has 1 heterocycles. The van der Waals surface area contributed by atoms with E-state index in [9.17, 15) is 14.7 Å². The third-order valence-electron chi connectivity index (χ3n) is 7.36. The van der Waals surface area contributed by atoms with E-state index in [1.54, 1.807) is 0 Å². The Morgan fingerprint density at radius 2 is 1.91 bits per heavy atom. The SMILES string of the molecule is Cc1ccc(NC(=O)C[C@@H](CCC(=O)O)c2nnn(C3CC(CC(C)(C)C)C3)c2C2CC2)c(C)c1. The topological polar surface area (TPSA) is 97.1 Å². The van der Waals surface area contributed by atoms with Crippen molar-refractivity contribution >= 4 is 17.6 Å². The van der Waals surface area contributed by atoms with E-state index in [2.05, 4.69) is 41.1 Å². The minimum atomic E-state index is -0.853. The summed E-state index contributed by atoms with van der Waals surface area (Å²) in [5.74, 6) is -0.0826. The van der Waals surface area contributed by atoms with Crippen molar-refractivity contribution in [2.24, 2.45) is 11.3 Å². The van der Waals surface area contributed by atoms with Crippen molar-refractivity contribution in [3.63, 3.8) is 0 Å². The van der Waals surface area contributed by atoms with E-state index in [4.69, 9.17) is 0 Å². The van der Waals surface area contributed by atoms with Crippen molar-refractivity contribution in [1.29, 1.82) is 0 Å². The summed E-state index contributed by atoms with van der Waals surface area (Å²) in [4.78, 5) is 24.4. The molecular formula is C28H40N4O3. The molecule has 0 unspecified atom stereocenters. The molecule has 0 spiro atoms. The van der Waals surface area contributed by atoms with Crippen LogP contribution in [0.3, 0.4) is 0 Å². The molecule has 0 bridgehead atoms. The Hall–Kier alpha value is -2.70. The molecule has 7 heteroatoms. The second-order valence-electron chi connectivity index (χ2n) is 12.0. The van der Waals surface area contributed by atoms with Gasteiger partial charge in [0, 0.05) is 30.4 Å². The van der Waals surface area contributed by atoms with E-state index in [0.29, 0.717) is 29.7 Å². The first-order valence-electron chi connectivity index (χ1n) is 13.0. The van der Waals surface area contributed by atoms with Gasteiger partial charge in [-0.25, -0.2) is 4.68 Å². The fraction of sp³-hybridized carbons (Fsp3) is 0.643. The van der Waals surface area contributed by atoms with Crippen LogP contribution in [-0.2, 0) is 9.59 Å². The van der Waals surface area contributed by atoms with Gasteiger partial charge in [-0.05, 0) is 75.3 Å². The molecule has 2 fully saturated rings. The maximum Gasteiger partial charge on any atom is 0.303 e. The molecule has 35 heavy (non-hydrogen) atoms. The van der Waals surface area contributed by atoms with Gasteiger partial charge in [0.1, 0.15) is 0 Å². The van der Waals surface area contributed by atoms with Crippen molar-refractivity contribution in [2.45, 2.75) is 104 Å². The predicted octanol–water partition coefficient (Wildman–Crippen LogP) is 6.14. The number of anilines is 1. The van der Waals surface area contributed by atoms with Gasteiger partial charge >= 0.3 is 5.97 Å². The highest BCUT2D eigenvalue weighted by Crippen LogP contribution is 2.49. The molecule has 2 aromatic rings. The van der Waals surface area contributed by atoms with Crippen LogP contribution in [0.5, 0.6) is 0 Å². The van der Waals surface area contributed by atoms with Gasteiger partial charge in [0.05, 0.1) is 17.4 Å². The van der Waals surface area contributed by atoms with Crippen LogP contribution in [0.25, 0.3) is 0 Å². The van der Waals surface area contributed by atoms with Gasteiger partial charge in [-0.15, -0.1) is 5.10 Å². The molecule has 7 nitrogen and oxygen atoms in total. The standard InChI is InChI=1S/C28H40N4O3/c1-17-6-10-23(18(2)12-17)29-24(33)15-21(9-11-25(34)35)26-27(20-7-8-20)32(31-30-26)22-13-19(14-22)16-28(3,4)5/h6,10,12,19-22H,7-9,11,13-16H2,1-5H3,(H,29,33)(H,34,35)/t19?,21-,22?/m1/s1. The number of hydrogen-bond acceptors (Lipinski definition) is 4. The highest BCUT2D eigenvalue weighted by Gasteiger charge is 2.40. The molecule has 2 saturated carbocycles. The molecule has 1 aromatic heterocycles. The lowest BCUT2D eigenvalue weighted by Crippen LogP contribution is -2.31. The number of rotatable bonds is 10. The van der Waals surface area contributed by atoms with Crippen molar-refractivity contribution in [3.8, 4) is 0 Å². The van der Waals surface area contributed by atoms with Crippen LogP contribution in [0, 0.1) is 25.2 Å². The molecule has 2 aliphatic carbocycles. The molecule has 1 atom stereocenters. The smallest absolute Gasteiger partial charge is 0.303 e. The third-order valence-corrected chi connectivity index (χ3v) is 7.36. The summed E-state index contributed by atoms with van der Waals surface area (Å²) in [6, 6.07) is 6.31. The third kappa shape index (κ3) is 6.50. The Morgan fingerprint density at radius 3 is 2.51 bits per heavy atom. The highest BCUT2D eigenvalue weighted by atomic mass is 16.4. The minimum absolute atomic E-state index is 0.00948. The maximum atomic E-state index is 13.0. The fourth-order valence-electron chi connectivity index (χ4n) is 5.57. The van der Waals surface area contributed by atoms with E-state index >= 15 is 0 Å². The summed E-state index contributed by atoms with van der Waals surface area (Å²) in [7, 11) is 0. The van der Waals surface area contributed by atoms with E-state index in [1.165, 1.54) is 6.42 Å². The highest BCUT2D eigenvalue weighted by molar-refractivity contribution is 5.92. The summed E-state index contributed by atoms with van der Waals surface area (Å²) in [6.45, 7) is 10.9. The first-order valence-corrected chi connectivity index (χ1v) is 13.0. The summed E-state index contributed by atoms with van der Waals surface area (Å²) in [5.41, 5.74) is 5.27. The summed E-state index contributed by atoms with van der Waals surface area (Å²) >= 11 is 0. The molecule has 0 saturated heterocycles. The van der Waals surface area contributed by atoms with E-state index in [-0.39, 0.29) is 24.7 Å². The van der Waals surface area contributed by atoms with Crippen LogP contribution in [0.4, 0.5) is 5.69 Å². The second kappa shape index (κ2) is 10.1. The van der Waals surface area contributed by atoms with Crippen LogP contribution in [-0.4, -0.2) is 32.0 Å². The molecule has 0 radical (unpaired) electrons. The first-order chi connectivity index (χ1) is 16.5. The minimum Gasteiger partial charge on any atom is -0.481 e. The Bertz CT molecular complexity index is 1070. The van der Waals surface area contributed by atoms with Gasteiger partial charge in [-0.1, -0.05) is 43.7 Å². The number of aliphatic carboxylic acids is 1. The predicted molar refractivity (Wildman–Crippen MR) is 137 cm³/mol. The van der Waals surface area contributed by atoms with Gasteiger partial charge in [0.2, 0.25) is 5.91 Å². The molecule has 1 aromatic carbocycles. The summed E-state index contributed by atoms with van der Waals surface area (Å²) in [6.07, 6.45) is 6.26. The fourth-order valence-corrected chi connectivity index (χ4v) is 5.57. The van der Waals surface area contributed by atoms with E-state index in [0.717, 1.165) is 53.9 Å². The zero-order valence-electron chi connectivity index (χ0n) is 21.8. The van der Waals surface area contributed by atoms with Crippen molar-refractivity contribution in [2.75, 3.05) is 5.32 Å². The molecular weight excluding hydrogens is 440 g/mol. The van der Waals surface area contributed by atoms with Crippen LogP contribution in [0.15, 0.2) is 18.2 Å². The lowest BCUT2D eigenvalue weighted by molar-refractivity contribution is -0.137. The lowest BCUT2D eigenvalue weighted by Gasteiger charge is -2.39. The number of aryl methyl sites for hydroxylation is 2. The van der Waals surface area contributed by atoms with E-state index in [1.807, 2.05) is 32.0 Å². The molecule has 190 valence electrons. The zero-order chi connectivity index (χ0) is 25.3. The molecule has 2 aliphatic rings. The van der Waals surface area contributed by atoms with Crippen LogP contribution in [0.1, 0.15) is 113 Å². The van der Waals surface area contributed by atoms with Gasteiger partial charge in [-0.2, -0.15) is 0 Å². The number of carbonyl (C=O) groups is 2. The largest absolute Gasteiger partial charge is 0.481 e. The number of carboxylic acids is 1. The monoisotopic (exact) mass is 480 g/mol.